The molecule has 8 heteroatoms. The maximum absolute atomic E-state index is 12.8. The number of phenols is 1. The zero-order valence-electron chi connectivity index (χ0n) is 15.6. The number of rotatable bonds is 6. The minimum atomic E-state index is -3.97. The van der Waals surface area contributed by atoms with Gasteiger partial charge in [-0.05, 0) is 43.2 Å². The zero-order chi connectivity index (χ0) is 20.1. The van der Waals surface area contributed by atoms with Crippen molar-refractivity contribution in [2.24, 2.45) is 0 Å². The molecule has 0 bridgehead atoms. The molecule has 7 nitrogen and oxygen atoms in total. The van der Waals surface area contributed by atoms with E-state index in [0.717, 1.165) is 32.1 Å². The molecule has 0 radical (unpaired) electrons. The van der Waals surface area contributed by atoms with Gasteiger partial charge in [-0.25, -0.2) is 8.42 Å². The average Bonchev–Trinajstić information content (AvgIpc) is 2.69. The van der Waals surface area contributed by atoms with E-state index < -0.39 is 15.9 Å². The predicted molar refractivity (Wildman–Crippen MR) is 106 cm³/mol. The molecule has 0 spiro atoms. The third kappa shape index (κ3) is 4.56. The first-order valence-corrected chi connectivity index (χ1v) is 10.7. The molecule has 1 amide bonds. The van der Waals surface area contributed by atoms with Crippen LogP contribution < -0.4 is 14.8 Å². The molecule has 0 heterocycles. The van der Waals surface area contributed by atoms with Crippen LogP contribution in [0.1, 0.15) is 42.5 Å². The largest absolute Gasteiger partial charge is 0.507 e. The maximum atomic E-state index is 12.8. The Balaban J connectivity index is 1.84. The van der Waals surface area contributed by atoms with Crippen LogP contribution in [0.3, 0.4) is 0 Å². The van der Waals surface area contributed by atoms with Gasteiger partial charge in [-0.2, -0.15) is 0 Å². The van der Waals surface area contributed by atoms with Crippen LogP contribution in [-0.2, 0) is 10.0 Å². The van der Waals surface area contributed by atoms with Gasteiger partial charge in [-0.3, -0.25) is 9.52 Å². The summed E-state index contributed by atoms with van der Waals surface area (Å²) in [5.41, 5.74) is 0.222. The van der Waals surface area contributed by atoms with Crippen LogP contribution in [-0.4, -0.2) is 32.6 Å². The number of amides is 1. The highest BCUT2D eigenvalue weighted by atomic mass is 32.2. The van der Waals surface area contributed by atoms with Crippen molar-refractivity contribution in [1.29, 1.82) is 0 Å². The van der Waals surface area contributed by atoms with E-state index in [1.54, 1.807) is 24.3 Å². The van der Waals surface area contributed by atoms with E-state index in [9.17, 15) is 18.3 Å². The van der Waals surface area contributed by atoms with Crippen molar-refractivity contribution in [2.45, 2.75) is 43.0 Å². The van der Waals surface area contributed by atoms with Gasteiger partial charge in [0.15, 0.2) is 0 Å². The number of phenolic OH excluding ortho intramolecular Hbond substituents is 1. The Kier molecular flexibility index (Phi) is 6.08. The van der Waals surface area contributed by atoms with Gasteiger partial charge in [-0.1, -0.05) is 31.4 Å². The number of nitrogens with one attached hydrogen (secondary N) is 2. The summed E-state index contributed by atoms with van der Waals surface area (Å²) < 4.78 is 33.1. The SMILES string of the molecule is COc1ccccc1NS(=O)(=O)c1ccc(O)c(C(=O)NC2CCCCC2)c1. The van der Waals surface area contributed by atoms with E-state index in [1.165, 1.54) is 25.3 Å². The minimum Gasteiger partial charge on any atom is -0.507 e. The van der Waals surface area contributed by atoms with Gasteiger partial charge in [0.2, 0.25) is 0 Å². The van der Waals surface area contributed by atoms with Crippen molar-refractivity contribution in [3.8, 4) is 11.5 Å². The predicted octanol–water partition coefficient (Wildman–Crippen LogP) is 3.26. The first-order valence-electron chi connectivity index (χ1n) is 9.20. The molecule has 2 aromatic carbocycles. The van der Waals surface area contributed by atoms with Crippen molar-refractivity contribution in [3.05, 3.63) is 48.0 Å². The Hall–Kier alpha value is -2.74. The van der Waals surface area contributed by atoms with Gasteiger partial charge in [0.1, 0.15) is 11.5 Å². The van der Waals surface area contributed by atoms with Crippen LogP contribution in [0.2, 0.25) is 0 Å². The average molecular weight is 404 g/mol. The van der Waals surface area contributed by atoms with Crippen LogP contribution in [0.15, 0.2) is 47.4 Å². The third-order valence-electron chi connectivity index (χ3n) is 4.81. The van der Waals surface area contributed by atoms with Gasteiger partial charge in [-0.15, -0.1) is 0 Å². The zero-order valence-corrected chi connectivity index (χ0v) is 16.5. The molecule has 1 aliphatic rings. The van der Waals surface area contributed by atoms with Crippen molar-refractivity contribution in [3.63, 3.8) is 0 Å². The Bertz CT molecular complexity index is 953. The monoisotopic (exact) mass is 404 g/mol. The summed E-state index contributed by atoms with van der Waals surface area (Å²) in [6.07, 6.45) is 5.03. The first kappa shape index (κ1) is 20.0. The molecule has 1 aliphatic carbocycles. The molecule has 28 heavy (non-hydrogen) atoms. The molecule has 1 fully saturated rings. The fourth-order valence-electron chi connectivity index (χ4n) is 3.31. The molecule has 150 valence electrons. The number of ether oxygens (including phenoxy) is 1. The van der Waals surface area contributed by atoms with Crippen molar-refractivity contribution >= 4 is 21.6 Å². The number of carbonyl (C=O) groups excluding carboxylic acids is 1. The second-order valence-corrected chi connectivity index (χ2v) is 8.48. The number of carbonyl (C=O) groups is 1. The fourth-order valence-corrected chi connectivity index (χ4v) is 4.40. The van der Waals surface area contributed by atoms with Crippen LogP contribution in [0.4, 0.5) is 5.69 Å². The maximum Gasteiger partial charge on any atom is 0.262 e. The molecule has 0 saturated heterocycles. The van der Waals surface area contributed by atoms with Gasteiger partial charge in [0, 0.05) is 6.04 Å². The summed E-state index contributed by atoms with van der Waals surface area (Å²) in [7, 11) is -2.53. The summed E-state index contributed by atoms with van der Waals surface area (Å²) in [6, 6.07) is 10.3. The fraction of sp³-hybridized carbons (Fsp3) is 0.350. The summed E-state index contributed by atoms with van der Waals surface area (Å²) in [5.74, 6) is -0.358. The molecule has 0 aromatic heterocycles. The van der Waals surface area contributed by atoms with Crippen molar-refractivity contribution in [1.82, 2.24) is 5.32 Å². The topological polar surface area (TPSA) is 105 Å². The Morgan fingerprint density at radius 3 is 2.54 bits per heavy atom. The van der Waals surface area contributed by atoms with Crippen LogP contribution in [0, 0.1) is 0 Å². The van der Waals surface area contributed by atoms with Gasteiger partial charge in [0.25, 0.3) is 15.9 Å². The number of anilines is 1. The molecular formula is C20H24N2O5S. The minimum absolute atomic E-state index is 0.0487. The van der Waals surface area contributed by atoms with Gasteiger partial charge in [0.05, 0.1) is 23.3 Å². The lowest BCUT2D eigenvalue weighted by Crippen LogP contribution is -2.36. The standard InChI is InChI=1S/C20H24N2O5S/c1-27-19-10-6-5-9-17(19)22-28(25,26)15-11-12-18(23)16(13-15)20(24)21-14-7-3-2-4-8-14/h5-6,9-14,22-23H,2-4,7-8H2,1H3,(H,21,24). The Morgan fingerprint density at radius 1 is 1.11 bits per heavy atom. The van der Waals surface area contributed by atoms with E-state index in [-0.39, 0.29) is 27.9 Å². The lowest BCUT2D eigenvalue weighted by Gasteiger charge is -2.23. The summed E-state index contributed by atoms with van der Waals surface area (Å²) in [5, 5.41) is 13.0. The molecule has 3 rings (SSSR count). The van der Waals surface area contributed by atoms with Gasteiger partial charge >= 0.3 is 0 Å². The first-order chi connectivity index (χ1) is 13.4. The molecule has 0 unspecified atom stereocenters. The van der Waals surface area contributed by atoms with Gasteiger partial charge < -0.3 is 15.2 Å². The quantitative estimate of drug-likeness (QED) is 0.685. The molecule has 3 N–H and O–H groups in total. The van der Waals surface area contributed by atoms with E-state index in [1.807, 2.05) is 0 Å². The normalized spacial score (nSPS) is 15.0. The number of hydrogen-bond acceptors (Lipinski definition) is 5. The second kappa shape index (κ2) is 8.52. The van der Waals surface area contributed by atoms with Crippen molar-refractivity contribution in [2.75, 3.05) is 11.8 Å². The number of para-hydroxylation sites is 2. The number of hydrogen-bond donors (Lipinski definition) is 3. The highest BCUT2D eigenvalue weighted by Crippen LogP contribution is 2.28. The van der Waals surface area contributed by atoms with E-state index in [2.05, 4.69) is 10.0 Å². The molecular weight excluding hydrogens is 380 g/mol. The highest BCUT2D eigenvalue weighted by molar-refractivity contribution is 7.92. The van der Waals surface area contributed by atoms with E-state index >= 15 is 0 Å². The Morgan fingerprint density at radius 2 is 1.82 bits per heavy atom. The molecule has 2 aromatic rings. The van der Waals surface area contributed by atoms with E-state index in [4.69, 9.17) is 4.74 Å². The lowest BCUT2D eigenvalue weighted by atomic mass is 9.95. The second-order valence-electron chi connectivity index (χ2n) is 6.79. The lowest BCUT2D eigenvalue weighted by molar-refractivity contribution is 0.0925. The summed E-state index contributed by atoms with van der Waals surface area (Å²) in [6.45, 7) is 0. The molecule has 1 saturated carbocycles. The third-order valence-corrected chi connectivity index (χ3v) is 6.18. The highest BCUT2D eigenvalue weighted by Gasteiger charge is 2.22. The summed E-state index contributed by atoms with van der Waals surface area (Å²) in [4.78, 5) is 12.4. The number of benzene rings is 2. The molecule has 0 aliphatic heterocycles. The number of aromatic hydroxyl groups is 1. The number of methoxy groups -OCH3 is 1. The van der Waals surface area contributed by atoms with Crippen molar-refractivity contribution < 1.29 is 23.1 Å². The van der Waals surface area contributed by atoms with Crippen LogP contribution in [0.5, 0.6) is 11.5 Å². The number of sulfonamides is 1. The Labute approximate surface area is 164 Å². The van der Waals surface area contributed by atoms with Crippen LogP contribution >= 0.6 is 0 Å². The molecule has 0 atom stereocenters. The summed E-state index contributed by atoms with van der Waals surface area (Å²) >= 11 is 0. The smallest absolute Gasteiger partial charge is 0.262 e. The van der Waals surface area contributed by atoms with E-state index in [0.29, 0.717) is 5.75 Å². The van der Waals surface area contributed by atoms with Crippen LogP contribution in [0.25, 0.3) is 0 Å².